The normalized spacial score (nSPS) is 18.5. The summed E-state index contributed by atoms with van der Waals surface area (Å²) < 4.78 is 10.7. The van der Waals surface area contributed by atoms with E-state index in [4.69, 9.17) is 15.2 Å². The van der Waals surface area contributed by atoms with E-state index in [2.05, 4.69) is 17.9 Å². The van der Waals surface area contributed by atoms with Gasteiger partial charge in [0.25, 0.3) is 0 Å². The molecule has 1 heterocycles. The Kier molecular flexibility index (Phi) is 5.48. The average Bonchev–Trinajstić information content (AvgIpc) is 2.99. The van der Waals surface area contributed by atoms with Crippen molar-refractivity contribution in [3.63, 3.8) is 0 Å². The number of likely N-dealkylation sites (tertiary alicyclic amines) is 1. The molecule has 2 N–H and O–H groups in total. The third kappa shape index (κ3) is 3.69. The van der Waals surface area contributed by atoms with Gasteiger partial charge in [-0.2, -0.15) is 0 Å². The van der Waals surface area contributed by atoms with Crippen LogP contribution < -0.4 is 15.2 Å². The van der Waals surface area contributed by atoms with E-state index in [-0.39, 0.29) is 5.54 Å². The molecular formula is C17H28N2O2. The number of ether oxygens (including phenoxy) is 2. The van der Waals surface area contributed by atoms with Gasteiger partial charge in [-0.25, -0.2) is 0 Å². The minimum Gasteiger partial charge on any atom is -0.493 e. The number of rotatable bonds is 7. The molecule has 0 aliphatic carbocycles. The van der Waals surface area contributed by atoms with Gasteiger partial charge in [-0.15, -0.1) is 0 Å². The molecule has 1 atom stereocenters. The molecule has 21 heavy (non-hydrogen) atoms. The Balaban J connectivity index is 2.27. The Morgan fingerprint density at radius 1 is 1.14 bits per heavy atom. The molecule has 4 nitrogen and oxygen atoms in total. The highest BCUT2D eigenvalue weighted by atomic mass is 16.5. The Bertz CT molecular complexity index is 458. The van der Waals surface area contributed by atoms with Gasteiger partial charge in [0.05, 0.1) is 19.8 Å². The topological polar surface area (TPSA) is 47.7 Å². The summed E-state index contributed by atoms with van der Waals surface area (Å²) in [5.41, 5.74) is 7.60. The molecular weight excluding hydrogens is 264 g/mol. The van der Waals surface area contributed by atoms with Crippen molar-refractivity contribution in [1.82, 2.24) is 4.90 Å². The van der Waals surface area contributed by atoms with Crippen LogP contribution in [0.5, 0.6) is 11.5 Å². The number of methoxy groups -OCH3 is 2. The third-order valence-electron chi connectivity index (χ3n) is 4.36. The van der Waals surface area contributed by atoms with Crippen molar-refractivity contribution >= 4 is 0 Å². The van der Waals surface area contributed by atoms with E-state index in [1.807, 2.05) is 12.1 Å². The van der Waals surface area contributed by atoms with Crippen molar-refractivity contribution in [2.24, 2.45) is 5.73 Å². The van der Waals surface area contributed by atoms with Gasteiger partial charge in [0.2, 0.25) is 0 Å². The predicted octanol–water partition coefficient (Wildman–Crippen LogP) is 2.75. The van der Waals surface area contributed by atoms with Crippen LogP contribution in [0.1, 0.15) is 38.2 Å². The van der Waals surface area contributed by atoms with E-state index in [9.17, 15) is 0 Å². The Morgan fingerprint density at radius 3 is 2.38 bits per heavy atom. The van der Waals surface area contributed by atoms with Crippen LogP contribution in [0.3, 0.4) is 0 Å². The summed E-state index contributed by atoms with van der Waals surface area (Å²) in [5, 5.41) is 0. The van der Waals surface area contributed by atoms with E-state index in [1.54, 1.807) is 14.2 Å². The first-order valence-corrected chi connectivity index (χ1v) is 7.86. The number of hydrogen-bond donors (Lipinski definition) is 1. The van der Waals surface area contributed by atoms with Gasteiger partial charge in [0.1, 0.15) is 0 Å². The molecule has 1 aliphatic heterocycles. The fourth-order valence-electron chi connectivity index (χ4n) is 3.25. The summed E-state index contributed by atoms with van der Waals surface area (Å²) >= 11 is 0. The summed E-state index contributed by atoms with van der Waals surface area (Å²) in [6, 6.07) is 6.06. The first-order chi connectivity index (χ1) is 10.1. The molecule has 118 valence electrons. The Labute approximate surface area is 128 Å². The van der Waals surface area contributed by atoms with Crippen molar-refractivity contribution in [2.75, 3.05) is 33.9 Å². The first-order valence-electron chi connectivity index (χ1n) is 7.86. The van der Waals surface area contributed by atoms with Crippen molar-refractivity contribution in [3.8, 4) is 11.5 Å². The zero-order chi connectivity index (χ0) is 15.3. The summed E-state index contributed by atoms with van der Waals surface area (Å²) in [7, 11) is 3.32. The van der Waals surface area contributed by atoms with Gasteiger partial charge in [-0.1, -0.05) is 19.4 Å². The van der Waals surface area contributed by atoms with Crippen LogP contribution >= 0.6 is 0 Å². The smallest absolute Gasteiger partial charge is 0.161 e. The number of nitrogens with zero attached hydrogens (tertiary/aromatic N) is 1. The lowest BCUT2D eigenvalue weighted by Crippen LogP contribution is -2.47. The molecule has 1 fully saturated rings. The standard InChI is InChI=1S/C17H28N2O2/c1-4-9-17(18,13-19-10-5-6-11-19)14-7-8-15(20-2)16(12-14)21-3/h7-8,12H,4-6,9-11,13,18H2,1-3H3. The van der Waals surface area contributed by atoms with E-state index in [0.717, 1.165) is 49.5 Å². The summed E-state index contributed by atoms with van der Waals surface area (Å²) in [6.07, 6.45) is 4.61. The highest BCUT2D eigenvalue weighted by molar-refractivity contribution is 5.45. The predicted molar refractivity (Wildman–Crippen MR) is 86.0 cm³/mol. The molecule has 1 aliphatic rings. The van der Waals surface area contributed by atoms with Crippen LogP contribution in [0.15, 0.2) is 18.2 Å². The molecule has 0 bridgehead atoms. The molecule has 0 spiro atoms. The van der Waals surface area contributed by atoms with E-state index in [0.29, 0.717) is 0 Å². The fraction of sp³-hybridized carbons (Fsp3) is 0.647. The highest BCUT2D eigenvalue weighted by Crippen LogP contribution is 2.34. The summed E-state index contributed by atoms with van der Waals surface area (Å²) in [4.78, 5) is 2.48. The molecule has 2 rings (SSSR count). The second-order valence-electron chi connectivity index (χ2n) is 5.96. The van der Waals surface area contributed by atoms with Crippen LogP contribution in [0.4, 0.5) is 0 Å². The molecule has 1 aromatic carbocycles. The largest absolute Gasteiger partial charge is 0.493 e. The zero-order valence-electron chi connectivity index (χ0n) is 13.5. The average molecular weight is 292 g/mol. The van der Waals surface area contributed by atoms with Gasteiger partial charge in [0, 0.05) is 6.54 Å². The molecule has 0 saturated carbocycles. The molecule has 1 unspecified atom stereocenters. The minimum absolute atomic E-state index is 0.321. The zero-order valence-corrected chi connectivity index (χ0v) is 13.5. The third-order valence-corrected chi connectivity index (χ3v) is 4.36. The van der Waals surface area contributed by atoms with Crippen molar-refractivity contribution in [1.29, 1.82) is 0 Å². The quantitative estimate of drug-likeness (QED) is 0.839. The van der Waals surface area contributed by atoms with Crippen molar-refractivity contribution in [3.05, 3.63) is 23.8 Å². The van der Waals surface area contributed by atoms with Gasteiger partial charge in [-0.3, -0.25) is 0 Å². The Morgan fingerprint density at radius 2 is 1.81 bits per heavy atom. The van der Waals surface area contributed by atoms with E-state index < -0.39 is 0 Å². The SMILES string of the molecule is CCCC(N)(CN1CCCC1)c1ccc(OC)c(OC)c1. The van der Waals surface area contributed by atoms with Crippen molar-refractivity contribution < 1.29 is 9.47 Å². The molecule has 1 aromatic rings. The molecule has 0 amide bonds. The van der Waals surface area contributed by atoms with E-state index in [1.165, 1.54) is 12.8 Å². The fourth-order valence-corrected chi connectivity index (χ4v) is 3.25. The van der Waals surface area contributed by atoms with E-state index >= 15 is 0 Å². The van der Waals surface area contributed by atoms with Gasteiger partial charge in [-0.05, 0) is 50.0 Å². The highest BCUT2D eigenvalue weighted by Gasteiger charge is 2.31. The summed E-state index contributed by atoms with van der Waals surface area (Å²) in [6.45, 7) is 5.43. The molecule has 1 saturated heterocycles. The Hall–Kier alpha value is -1.26. The number of benzene rings is 1. The summed E-state index contributed by atoms with van der Waals surface area (Å²) in [5.74, 6) is 1.50. The van der Waals surface area contributed by atoms with Gasteiger partial charge < -0.3 is 20.1 Å². The second kappa shape index (κ2) is 7.14. The molecule has 4 heteroatoms. The number of hydrogen-bond acceptors (Lipinski definition) is 4. The van der Waals surface area contributed by atoms with Crippen LogP contribution in [0, 0.1) is 0 Å². The van der Waals surface area contributed by atoms with Crippen LogP contribution in [-0.2, 0) is 5.54 Å². The lowest BCUT2D eigenvalue weighted by Gasteiger charge is -2.34. The molecule has 0 radical (unpaired) electrons. The monoisotopic (exact) mass is 292 g/mol. The minimum atomic E-state index is -0.321. The number of nitrogens with two attached hydrogens (primary N) is 1. The lowest BCUT2D eigenvalue weighted by molar-refractivity contribution is 0.234. The lowest BCUT2D eigenvalue weighted by atomic mass is 9.85. The first kappa shape index (κ1) is 16.1. The maximum absolute atomic E-state index is 6.79. The van der Waals surface area contributed by atoms with Gasteiger partial charge in [0.15, 0.2) is 11.5 Å². The van der Waals surface area contributed by atoms with Crippen LogP contribution in [0.25, 0.3) is 0 Å². The molecule has 0 aromatic heterocycles. The maximum Gasteiger partial charge on any atom is 0.161 e. The van der Waals surface area contributed by atoms with Crippen LogP contribution in [0.2, 0.25) is 0 Å². The van der Waals surface area contributed by atoms with Crippen molar-refractivity contribution in [2.45, 2.75) is 38.1 Å². The van der Waals surface area contributed by atoms with Crippen LogP contribution in [-0.4, -0.2) is 38.8 Å². The maximum atomic E-state index is 6.79. The second-order valence-corrected chi connectivity index (χ2v) is 5.96. The van der Waals surface area contributed by atoms with Gasteiger partial charge >= 0.3 is 0 Å².